The molecule has 3 aliphatic heterocycles. The Hall–Kier alpha value is -2.43. The number of nitrogens with one attached hydrogen (secondary N) is 1. The van der Waals surface area contributed by atoms with Crippen molar-refractivity contribution in [1.29, 1.82) is 0 Å². The van der Waals surface area contributed by atoms with E-state index in [2.05, 4.69) is 15.5 Å². The molecule has 4 atom stereocenters. The van der Waals surface area contributed by atoms with Crippen molar-refractivity contribution >= 4 is 5.82 Å². The number of aromatic hydroxyl groups is 1. The van der Waals surface area contributed by atoms with Crippen molar-refractivity contribution in [3.63, 3.8) is 0 Å². The first-order valence-corrected chi connectivity index (χ1v) is 10.3. The van der Waals surface area contributed by atoms with Crippen LogP contribution in [0.2, 0.25) is 0 Å². The van der Waals surface area contributed by atoms with E-state index in [9.17, 15) is 23.4 Å². The maximum absolute atomic E-state index is 13.0. The first-order valence-electron chi connectivity index (χ1n) is 10.3. The van der Waals surface area contributed by atoms with Crippen LogP contribution in [0.3, 0.4) is 0 Å². The lowest BCUT2D eigenvalue weighted by Crippen LogP contribution is -2.42. The number of alkyl halides is 3. The summed E-state index contributed by atoms with van der Waals surface area (Å²) >= 11 is 0. The van der Waals surface area contributed by atoms with Gasteiger partial charge in [0.1, 0.15) is 11.4 Å². The van der Waals surface area contributed by atoms with Gasteiger partial charge in [-0.1, -0.05) is 0 Å². The van der Waals surface area contributed by atoms with Gasteiger partial charge in [0.15, 0.2) is 5.82 Å². The summed E-state index contributed by atoms with van der Waals surface area (Å²) in [6.45, 7) is 0.747. The van der Waals surface area contributed by atoms with E-state index in [0.717, 1.165) is 30.0 Å². The van der Waals surface area contributed by atoms with Gasteiger partial charge in [-0.25, -0.2) is 0 Å². The third-order valence-electron chi connectivity index (χ3n) is 6.21. The van der Waals surface area contributed by atoms with Crippen molar-refractivity contribution in [3.8, 4) is 17.0 Å². The van der Waals surface area contributed by atoms with Gasteiger partial charge in [0.05, 0.1) is 36.5 Å². The molecule has 2 unspecified atom stereocenters. The Morgan fingerprint density at radius 2 is 1.97 bits per heavy atom. The summed E-state index contributed by atoms with van der Waals surface area (Å²) in [7, 11) is 0. The third kappa shape index (κ3) is 3.72. The molecule has 31 heavy (non-hydrogen) atoms. The normalized spacial score (nSPS) is 27.7. The van der Waals surface area contributed by atoms with Crippen LogP contribution in [0.25, 0.3) is 11.3 Å². The summed E-state index contributed by atoms with van der Waals surface area (Å²) in [6, 6.07) is 2.62. The van der Waals surface area contributed by atoms with E-state index in [-0.39, 0.29) is 30.4 Å². The number of ether oxygens (including phenoxy) is 2. The number of nitrogens with zero attached hydrogens (tertiary/aromatic N) is 2. The lowest BCUT2D eigenvalue weighted by molar-refractivity contribution is -0.137. The van der Waals surface area contributed by atoms with Crippen molar-refractivity contribution in [2.75, 3.05) is 18.5 Å². The van der Waals surface area contributed by atoms with E-state index in [1.807, 2.05) is 0 Å². The number of phenols is 1. The Morgan fingerprint density at radius 1 is 1.13 bits per heavy atom. The molecule has 1 aromatic heterocycles. The largest absolute Gasteiger partial charge is 0.507 e. The first kappa shape index (κ1) is 20.5. The van der Waals surface area contributed by atoms with E-state index in [4.69, 9.17) is 9.47 Å². The Bertz CT molecular complexity index is 1000. The molecule has 5 rings (SSSR count). The SMILES string of the molecule is Oc1cc(C(F)(F)F)ccc1-c1nnc(N[C@@H]2CCOC[C@H]2O)c2c1CC1CCC2O1. The number of anilines is 1. The fourth-order valence-electron chi connectivity index (χ4n) is 4.63. The van der Waals surface area contributed by atoms with Crippen LogP contribution in [0.1, 0.15) is 42.1 Å². The molecule has 0 amide bonds. The maximum atomic E-state index is 13.0. The van der Waals surface area contributed by atoms with Crippen LogP contribution < -0.4 is 5.32 Å². The summed E-state index contributed by atoms with van der Waals surface area (Å²) in [5.41, 5.74) is 1.26. The summed E-state index contributed by atoms with van der Waals surface area (Å²) in [6.07, 6.45) is -2.66. The minimum Gasteiger partial charge on any atom is -0.507 e. The number of benzene rings is 1. The number of halogens is 3. The zero-order valence-corrected chi connectivity index (χ0v) is 16.5. The predicted molar refractivity (Wildman–Crippen MR) is 104 cm³/mol. The molecule has 3 N–H and O–H groups in total. The number of fused-ring (bicyclic) bond motifs is 4. The smallest absolute Gasteiger partial charge is 0.416 e. The minimum atomic E-state index is -4.55. The van der Waals surface area contributed by atoms with Crippen LogP contribution in [-0.4, -0.2) is 51.9 Å². The van der Waals surface area contributed by atoms with Crippen molar-refractivity contribution in [2.45, 2.75) is 56.2 Å². The summed E-state index contributed by atoms with van der Waals surface area (Å²) in [5, 5.41) is 32.4. The third-order valence-corrected chi connectivity index (χ3v) is 6.21. The minimum absolute atomic E-state index is 0.00133. The monoisotopic (exact) mass is 437 g/mol. The van der Waals surface area contributed by atoms with E-state index < -0.39 is 23.6 Å². The lowest BCUT2D eigenvalue weighted by Gasteiger charge is -2.32. The first-order chi connectivity index (χ1) is 14.8. The van der Waals surface area contributed by atoms with Crippen LogP contribution in [0.15, 0.2) is 18.2 Å². The number of aromatic nitrogens is 2. The second kappa shape index (κ2) is 7.61. The van der Waals surface area contributed by atoms with Gasteiger partial charge in [0, 0.05) is 24.2 Å². The molecule has 2 bridgehead atoms. The Kier molecular flexibility index (Phi) is 5.03. The molecule has 7 nitrogen and oxygen atoms in total. The second-order valence-electron chi connectivity index (χ2n) is 8.23. The number of hydrogen-bond donors (Lipinski definition) is 3. The molecule has 3 aliphatic rings. The van der Waals surface area contributed by atoms with Crippen molar-refractivity contribution < 1.29 is 32.9 Å². The molecule has 10 heteroatoms. The zero-order valence-electron chi connectivity index (χ0n) is 16.5. The average Bonchev–Trinajstić information content (AvgIpc) is 3.10. The quantitative estimate of drug-likeness (QED) is 0.679. The molecule has 0 aliphatic carbocycles. The molecular formula is C21H22F3N3O4. The summed E-state index contributed by atoms with van der Waals surface area (Å²) < 4.78 is 50.3. The van der Waals surface area contributed by atoms with E-state index in [0.29, 0.717) is 37.0 Å². The topological polar surface area (TPSA) is 96.7 Å². The zero-order chi connectivity index (χ0) is 21.8. The van der Waals surface area contributed by atoms with Gasteiger partial charge in [-0.3, -0.25) is 0 Å². The molecular weight excluding hydrogens is 415 g/mol. The summed E-state index contributed by atoms with van der Waals surface area (Å²) in [5.74, 6) is 0.00664. The molecule has 1 aromatic carbocycles. The standard InChI is InChI=1S/C21H22F3N3O4/c22-21(23,24)10-1-3-12(15(28)7-10)19-13-8-11-2-4-17(31-11)18(13)20(27-26-19)25-14-5-6-30-9-16(14)29/h1,3,7,11,14,16-17,28-29H,2,4-6,8-9H2,(H,25,27)/t11?,14-,16-,17?/m1/s1. The van der Waals surface area contributed by atoms with Crippen molar-refractivity contribution in [3.05, 3.63) is 34.9 Å². The van der Waals surface area contributed by atoms with Gasteiger partial charge in [-0.05, 0) is 43.0 Å². The lowest BCUT2D eigenvalue weighted by atomic mass is 9.93. The molecule has 0 spiro atoms. The number of rotatable bonds is 3. The van der Waals surface area contributed by atoms with Gasteiger partial charge in [-0.15, -0.1) is 10.2 Å². The Morgan fingerprint density at radius 3 is 2.71 bits per heavy atom. The highest BCUT2D eigenvalue weighted by Gasteiger charge is 2.39. The maximum Gasteiger partial charge on any atom is 0.416 e. The van der Waals surface area contributed by atoms with Crippen molar-refractivity contribution in [1.82, 2.24) is 10.2 Å². The van der Waals surface area contributed by atoms with Gasteiger partial charge < -0.3 is 25.0 Å². The van der Waals surface area contributed by atoms with Crippen LogP contribution in [-0.2, 0) is 22.1 Å². The van der Waals surface area contributed by atoms with Crippen LogP contribution >= 0.6 is 0 Å². The summed E-state index contributed by atoms with van der Waals surface area (Å²) in [4.78, 5) is 0. The second-order valence-corrected chi connectivity index (χ2v) is 8.23. The van der Waals surface area contributed by atoms with E-state index >= 15 is 0 Å². The Labute approximate surface area is 176 Å². The Balaban J connectivity index is 1.57. The average molecular weight is 437 g/mol. The van der Waals surface area contributed by atoms with Crippen molar-refractivity contribution in [2.24, 2.45) is 0 Å². The van der Waals surface area contributed by atoms with Crippen LogP contribution in [0.5, 0.6) is 5.75 Å². The van der Waals surface area contributed by atoms with Gasteiger partial charge in [0.2, 0.25) is 0 Å². The highest BCUT2D eigenvalue weighted by molar-refractivity contribution is 5.73. The number of aliphatic hydroxyl groups excluding tert-OH is 1. The van der Waals surface area contributed by atoms with E-state index in [1.165, 1.54) is 6.07 Å². The number of aliphatic hydroxyl groups is 1. The molecule has 0 saturated carbocycles. The molecule has 4 heterocycles. The van der Waals surface area contributed by atoms with Gasteiger partial charge in [-0.2, -0.15) is 13.2 Å². The molecule has 2 aromatic rings. The fraction of sp³-hybridized carbons (Fsp3) is 0.524. The number of phenolic OH excluding ortho intramolecular Hbond substituents is 1. The van der Waals surface area contributed by atoms with Crippen LogP contribution in [0, 0.1) is 0 Å². The molecule has 2 saturated heterocycles. The molecule has 2 fully saturated rings. The molecule has 0 radical (unpaired) electrons. The van der Waals surface area contributed by atoms with E-state index in [1.54, 1.807) is 0 Å². The highest BCUT2D eigenvalue weighted by Crippen LogP contribution is 2.47. The predicted octanol–water partition coefficient (Wildman–Crippen LogP) is 3.21. The van der Waals surface area contributed by atoms with Gasteiger partial charge >= 0.3 is 6.18 Å². The van der Waals surface area contributed by atoms with Gasteiger partial charge in [0.25, 0.3) is 0 Å². The fourth-order valence-corrected chi connectivity index (χ4v) is 4.63. The number of hydrogen-bond acceptors (Lipinski definition) is 7. The van der Waals surface area contributed by atoms with Crippen LogP contribution in [0.4, 0.5) is 19.0 Å². The highest BCUT2D eigenvalue weighted by atomic mass is 19.4. The molecule has 166 valence electrons.